The van der Waals surface area contributed by atoms with Crippen LogP contribution in [0.3, 0.4) is 0 Å². The van der Waals surface area contributed by atoms with Crippen LogP contribution in [0, 0.1) is 0 Å². The second-order valence-electron chi connectivity index (χ2n) is 5.21. The number of ether oxygens (including phenoxy) is 3. The first-order valence-electron chi connectivity index (χ1n) is 7.51. The molecular weight excluding hydrogens is 320 g/mol. The first-order valence-corrected chi connectivity index (χ1v) is 7.51. The lowest BCUT2D eigenvalue weighted by Gasteiger charge is -2.23. The molecule has 23 heavy (non-hydrogen) atoms. The third kappa shape index (κ3) is 6.25. The van der Waals surface area contributed by atoms with Crippen LogP contribution < -0.4 is 20.1 Å². The number of carbonyl (C=O) groups is 1. The molecule has 0 spiro atoms. The van der Waals surface area contributed by atoms with Crippen molar-refractivity contribution >= 4 is 18.3 Å². The lowest BCUT2D eigenvalue weighted by molar-refractivity contribution is -0.122. The van der Waals surface area contributed by atoms with Crippen molar-refractivity contribution in [3.63, 3.8) is 0 Å². The summed E-state index contributed by atoms with van der Waals surface area (Å²) in [6, 6.07) is 5.77. The largest absolute Gasteiger partial charge is 0.497 e. The zero-order valence-electron chi connectivity index (χ0n) is 13.6. The smallest absolute Gasteiger partial charge is 0.221 e. The van der Waals surface area contributed by atoms with Crippen molar-refractivity contribution in [2.24, 2.45) is 0 Å². The first-order chi connectivity index (χ1) is 10.7. The van der Waals surface area contributed by atoms with Gasteiger partial charge in [0, 0.05) is 25.6 Å². The van der Waals surface area contributed by atoms with Gasteiger partial charge in [-0.15, -0.1) is 12.4 Å². The van der Waals surface area contributed by atoms with Crippen molar-refractivity contribution in [1.29, 1.82) is 0 Å². The molecule has 6 nitrogen and oxygen atoms in total. The van der Waals surface area contributed by atoms with Gasteiger partial charge in [0.25, 0.3) is 0 Å². The van der Waals surface area contributed by atoms with Crippen LogP contribution in [0.1, 0.15) is 12.0 Å². The van der Waals surface area contributed by atoms with Gasteiger partial charge in [-0.3, -0.25) is 4.79 Å². The van der Waals surface area contributed by atoms with Gasteiger partial charge in [-0.25, -0.2) is 0 Å². The molecule has 2 N–H and O–H groups in total. The van der Waals surface area contributed by atoms with E-state index < -0.39 is 0 Å². The molecule has 0 radical (unpaired) electrons. The normalized spacial score (nSPS) is 17.0. The van der Waals surface area contributed by atoms with Crippen molar-refractivity contribution in [2.45, 2.75) is 18.9 Å². The van der Waals surface area contributed by atoms with Crippen LogP contribution in [0.4, 0.5) is 0 Å². The molecule has 1 amide bonds. The number of morpholine rings is 1. The van der Waals surface area contributed by atoms with Gasteiger partial charge >= 0.3 is 0 Å². The van der Waals surface area contributed by atoms with E-state index in [-0.39, 0.29) is 24.4 Å². The molecule has 2 rings (SSSR count). The minimum Gasteiger partial charge on any atom is -0.497 e. The molecule has 130 valence electrons. The van der Waals surface area contributed by atoms with Gasteiger partial charge in [0.2, 0.25) is 5.91 Å². The maximum absolute atomic E-state index is 11.9. The van der Waals surface area contributed by atoms with E-state index in [1.165, 1.54) is 0 Å². The maximum atomic E-state index is 11.9. The predicted molar refractivity (Wildman–Crippen MR) is 90.7 cm³/mol. The number of rotatable bonds is 7. The lowest BCUT2D eigenvalue weighted by atomic mass is 10.1. The zero-order chi connectivity index (χ0) is 15.8. The summed E-state index contributed by atoms with van der Waals surface area (Å²) in [7, 11) is 3.27. The van der Waals surface area contributed by atoms with E-state index in [2.05, 4.69) is 10.6 Å². The zero-order valence-corrected chi connectivity index (χ0v) is 14.4. The molecule has 1 aliphatic rings. The summed E-state index contributed by atoms with van der Waals surface area (Å²) in [6.45, 7) is 2.68. The minimum atomic E-state index is 0. The van der Waals surface area contributed by atoms with Gasteiger partial charge in [0.05, 0.1) is 27.4 Å². The summed E-state index contributed by atoms with van der Waals surface area (Å²) in [4.78, 5) is 11.9. The fourth-order valence-corrected chi connectivity index (χ4v) is 2.46. The Morgan fingerprint density at radius 1 is 1.39 bits per heavy atom. The van der Waals surface area contributed by atoms with E-state index in [1.807, 2.05) is 18.2 Å². The predicted octanol–water partition coefficient (Wildman–Crippen LogP) is 1.16. The number of carbonyl (C=O) groups excluding carboxylic acids is 1. The average molecular weight is 345 g/mol. The molecule has 1 aromatic carbocycles. The highest BCUT2D eigenvalue weighted by atomic mass is 35.5. The molecule has 1 aromatic rings. The molecule has 1 unspecified atom stereocenters. The van der Waals surface area contributed by atoms with Crippen LogP contribution in [0.5, 0.6) is 11.5 Å². The molecule has 0 aliphatic carbocycles. The number of hydrogen-bond donors (Lipinski definition) is 2. The summed E-state index contributed by atoms with van der Waals surface area (Å²) >= 11 is 0. The fraction of sp³-hybridized carbons (Fsp3) is 0.562. The Morgan fingerprint density at radius 3 is 2.87 bits per heavy atom. The number of amides is 1. The Bertz CT molecular complexity index is 493. The standard InChI is InChI=1S/C16H24N2O4.ClH/c1-20-14-3-4-15(21-2)12(9-14)5-6-18-16(19)10-13-11-22-8-7-17-13;/h3-4,9,13,17H,5-8,10-11H2,1-2H3,(H,18,19);1H. The van der Waals surface area contributed by atoms with E-state index in [0.717, 1.165) is 23.6 Å². The van der Waals surface area contributed by atoms with Crippen molar-refractivity contribution in [3.8, 4) is 11.5 Å². The quantitative estimate of drug-likeness (QED) is 0.777. The third-order valence-electron chi connectivity index (χ3n) is 3.63. The van der Waals surface area contributed by atoms with E-state index in [1.54, 1.807) is 14.2 Å². The number of halogens is 1. The van der Waals surface area contributed by atoms with Crippen LogP contribution in [-0.2, 0) is 16.0 Å². The van der Waals surface area contributed by atoms with Crippen molar-refractivity contribution < 1.29 is 19.0 Å². The maximum Gasteiger partial charge on any atom is 0.221 e. The van der Waals surface area contributed by atoms with Gasteiger partial charge in [0.1, 0.15) is 11.5 Å². The molecule has 1 saturated heterocycles. The fourth-order valence-electron chi connectivity index (χ4n) is 2.46. The van der Waals surface area contributed by atoms with Crippen molar-refractivity contribution in [3.05, 3.63) is 23.8 Å². The molecule has 0 saturated carbocycles. The number of nitrogens with one attached hydrogen (secondary N) is 2. The molecule has 0 aromatic heterocycles. The topological polar surface area (TPSA) is 68.8 Å². The SMILES string of the molecule is COc1ccc(OC)c(CCNC(=O)CC2COCCN2)c1.Cl. The lowest BCUT2D eigenvalue weighted by Crippen LogP contribution is -2.44. The van der Waals surface area contributed by atoms with Crippen LogP contribution in [0.25, 0.3) is 0 Å². The highest BCUT2D eigenvalue weighted by Gasteiger charge is 2.16. The van der Waals surface area contributed by atoms with Gasteiger partial charge in [-0.05, 0) is 30.2 Å². The third-order valence-corrected chi connectivity index (χ3v) is 3.63. The van der Waals surface area contributed by atoms with Crippen LogP contribution >= 0.6 is 12.4 Å². The van der Waals surface area contributed by atoms with Gasteiger partial charge in [-0.1, -0.05) is 0 Å². The Kier molecular flexibility index (Phi) is 8.76. The molecule has 1 fully saturated rings. The van der Waals surface area contributed by atoms with Gasteiger partial charge in [-0.2, -0.15) is 0 Å². The number of hydrogen-bond acceptors (Lipinski definition) is 5. The van der Waals surface area contributed by atoms with Crippen LogP contribution in [-0.4, -0.2) is 52.5 Å². The number of benzene rings is 1. The Hall–Kier alpha value is -1.50. The van der Waals surface area contributed by atoms with E-state index in [4.69, 9.17) is 14.2 Å². The molecule has 7 heteroatoms. The van der Waals surface area contributed by atoms with Crippen molar-refractivity contribution in [1.82, 2.24) is 10.6 Å². The minimum absolute atomic E-state index is 0. The molecule has 1 aliphatic heterocycles. The summed E-state index contributed by atoms with van der Waals surface area (Å²) in [5, 5.41) is 6.21. The second-order valence-corrected chi connectivity index (χ2v) is 5.21. The molecular formula is C16H25ClN2O4. The molecule has 0 bridgehead atoms. The van der Waals surface area contributed by atoms with E-state index in [9.17, 15) is 4.79 Å². The van der Waals surface area contributed by atoms with E-state index in [0.29, 0.717) is 32.6 Å². The summed E-state index contributed by atoms with van der Waals surface area (Å²) in [5.74, 6) is 1.62. The van der Waals surface area contributed by atoms with E-state index >= 15 is 0 Å². The average Bonchev–Trinajstić information content (AvgIpc) is 2.55. The monoisotopic (exact) mass is 344 g/mol. The summed E-state index contributed by atoms with van der Waals surface area (Å²) in [5.41, 5.74) is 1.02. The van der Waals surface area contributed by atoms with Crippen molar-refractivity contribution in [2.75, 3.05) is 40.5 Å². The highest BCUT2D eigenvalue weighted by molar-refractivity contribution is 5.85. The molecule has 1 heterocycles. The Balaban J connectivity index is 0.00000264. The molecule has 1 atom stereocenters. The number of methoxy groups -OCH3 is 2. The van der Waals surface area contributed by atoms with Crippen LogP contribution in [0.2, 0.25) is 0 Å². The Labute approximate surface area is 143 Å². The summed E-state index contributed by atoms with van der Waals surface area (Å²) in [6.07, 6.45) is 1.13. The summed E-state index contributed by atoms with van der Waals surface area (Å²) < 4.78 is 15.9. The second kappa shape index (κ2) is 10.3. The van der Waals surface area contributed by atoms with Gasteiger partial charge < -0.3 is 24.8 Å². The van der Waals surface area contributed by atoms with Gasteiger partial charge in [0.15, 0.2) is 0 Å². The first kappa shape index (κ1) is 19.5. The Morgan fingerprint density at radius 2 is 2.22 bits per heavy atom. The van der Waals surface area contributed by atoms with Crippen LogP contribution in [0.15, 0.2) is 18.2 Å². The highest BCUT2D eigenvalue weighted by Crippen LogP contribution is 2.24.